The molecule has 4 nitrogen and oxygen atoms in total. The van der Waals surface area contributed by atoms with Crippen molar-refractivity contribution >= 4 is 33.3 Å². The average Bonchev–Trinajstić information content (AvgIpc) is 2.43. The Bertz CT molecular complexity index is 646. The van der Waals surface area contributed by atoms with Crippen molar-refractivity contribution in [2.24, 2.45) is 5.73 Å². The van der Waals surface area contributed by atoms with Crippen molar-refractivity contribution in [1.29, 1.82) is 0 Å². The van der Waals surface area contributed by atoms with Crippen LogP contribution in [0.2, 0.25) is 0 Å². The molecular weight excluding hydrogens is 337 g/mol. The molecule has 2 amide bonds. The van der Waals surface area contributed by atoms with E-state index in [9.17, 15) is 9.18 Å². The minimum Gasteiger partial charge on any atom is -0.378 e. The second-order valence-electron chi connectivity index (χ2n) is 4.61. The molecule has 2 aromatic rings. The molecule has 0 aromatic heterocycles. The number of hydrogen-bond acceptors (Lipinski definition) is 2. The van der Waals surface area contributed by atoms with E-state index in [0.717, 1.165) is 11.3 Å². The SMILES string of the molecule is CC(Nc1ccc(F)c(Br)c1)c1ccc(NC(N)=O)cc1. The van der Waals surface area contributed by atoms with Crippen LogP contribution in [0.15, 0.2) is 46.9 Å². The third-order valence-corrected chi connectivity index (χ3v) is 3.59. The van der Waals surface area contributed by atoms with Gasteiger partial charge in [0.1, 0.15) is 5.82 Å². The summed E-state index contributed by atoms with van der Waals surface area (Å²) in [7, 11) is 0. The van der Waals surface area contributed by atoms with Crippen LogP contribution in [0.1, 0.15) is 18.5 Å². The zero-order chi connectivity index (χ0) is 15.4. The van der Waals surface area contributed by atoms with E-state index in [2.05, 4.69) is 26.6 Å². The second-order valence-corrected chi connectivity index (χ2v) is 5.46. The van der Waals surface area contributed by atoms with Gasteiger partial charge in [0.2, 0.25) is 0 Å². The number of carbonyl (C=O) groups is 1. The highest BCUT2D eigenvalue weighted by molar-refractivity contribution is 9.10. The quantitative estimate of drug-likeness (QED) is 0.770. The molecule has 2 rings (SSSR count). The van der Waals surface area contributed by atoms with Gasteiger partial charge in [-0.05, 0) is 58.7 Å². The van der Waals surface area contributed by atoms with Crippen molar-refractivity contribution in [2.45, 2.75) is 13.0 Å². The van der Waals surface area contributed by atoms with Crippen LogP contribution >= 0.6 is 15.9 Å². The number of rotatable bonds is 4. The number of nitrogens with one attached hydrogen (secondary N) is 2. The molecule has 0 aliphatic carbocycles. The molecule has 0 saturated heterocycles. The lowest BCUT2D eigenvalue weighted by atomic mass is 10.1. The highest BCUT2D eigenvalue weighted by Crippen LogP contribution is 2.24. The monoisotopic (exact) mass is 351 g/mol. The third kappa shape index (κ3) is 4.19. The largest absolute Gasteiger partial charge is 0.378 e. The Kier molecular flexibility index (Phi) is 4.80. The number of carbonyl (C=O) groups excluding carboxylic acids is 1. The Labute approximate surface area is 130 Å². The summed E-state index contributed by atoms with van der Waals surface area (Å²) in [5.41, 5.74) is 7.54. The minimum atomic E-state index is -0.593. The molecule has 0 heterocycles. The highest BCUT2D eigenvalue weighted by atomic mass is 79.9. The van der Waals surface area contributed by atoms with Crippen LogP contribution < -0.4 is 16.4 Å². The molecule has 110 valence electrons. The summed E-state index contributed by atoms with van der Waals surface area (Å²) in [6, 6.07) is 11.5. The topological polar surface area (TPSA) is 67.2 Å². The summed E-state index contributed by atoms with van der Waals surface area (Å²) in [5, 5.41) is 5.78. The van der Waals surface area contributed by atoms with Gasteiger partial charge in [0.25, 0.3) is 0 Å². The van der Waals surface area contributed by atoms with E-state index in [-0.39, 0.29) is 11.9 Å². The molecule has 21 heavy (non-hydrogen) atoms. The summed E-state index contributed by atoms with van der Waals surface area (Å²) in [4.78, 5) is 10.8. The van der Waals surface area contributed by atoms with Crippen molar-refractivity contribution in [2.75, 3.05) is 10.6 Å². The van der Waals surface area contributed by atoms with E-state index in [4.69, 9.17) is 5.73 Å². The van der Waals surface area contributed by atoms with Crippen LogP contribution in [0, 0.1) is 5.82 Å². The Morgan fingerprint density at radius 2 is 1.81 bits per heavy atom. The lowest BCUT2D eigenvalue weighted by molar-refractivity contribution is 0.259. The molecule has 2 aromatic carbocycles. The predicted octanol–water partition coefficient (Wildman–Crippen LogP) is 4.25. The molecule has 4 N–H and O–H groups in total. The molecule has 6 heteroatoms. The number of amides is 2. The molecule has 0 fully saturated rings. The van der Waals surface area contributed by atoms with Crippen molar-refractivity contribution in [3.63, 3.8) is 0 Å². The van der Waals surface area contributed by atoms with Gasteiger partial charge in [-0.15, -0.1) is 0 Å². The molecule has 0 aliphatic heterocycles. The molecular formula is C15H15BrFN3O. The van der Waals surface area contributed by atoms with E-state index < -0.39 is 6.03 Å². The van der Waals surface area contributed by atoms with Crippen LogP contribution in [0.3, 0.4) is 0 Å². The van der Waals surface area contributed by atoms with Crippen molar-refractivity contribution < 1.29 is 9.18 Å². The van der Waals surface area contributed by atoms with Gasteiger partial charge in [-0.2, -0.15) is 0 Å². The first kappa shape index (κ1) is 15.3. The van der Waals surface area contributed by atoms with Gasteiger partial charge >= 0.3 is 6.03 Å². The maximum Gasteiger partial charge on any atom is 0.316 e. The Morgan fingerprint density at radius 3 is 2.38 bits per heavy atom. The van der Waals surface area contributed by atoms with Crippen LogP contribution in [0.25, 0.3) is 0 Å². The standard InChI is InChI=1S/C15H15BrFN3O/c1-9(19-12-6-7-14(17)13(16)8-12)10-2-4-11(5-3-10)20-15(18)21/h2-9,19H,1H3,(H3,18,20,21). The maximum atomic E-state index is 13.2. The van der Waals surface area contributed by atoms with Crippen LogP contribution in [0.4, 0.5) is 20.6 Å². The second kappa shape index (κ2) is 6.58. The van der Waals surface area contributed by atoms with Crippen molar-refractivity contribution in [3.05, 3.63) is 58.3 Å². The molecule has 0 bridgehead atoms. The van der Waals surface area contributed by atoms with Gasteiger partial charge in [0.15, 0.2) is 0 Å². The van der Waals surface area contributed by atoms with Gasteiger partial charge in [0.05, 0.1) is 4.47 Å². The summed E-state index contributed by atoms with van der Waals surface area (Å²) in [6.07, 6.45) is 0. The number of benzene rings is 2. The zero-order valence-corrected chi connectivity index (χ0v) is 12.9. The summed E-state index contributed by atoms with van der Waals surface area (Å²) in [5.74, 6) is -0.296. The summed E-state index contributed by atoms with van der Waals surface area (Å²) in [6.45, 7) is 1.99. The molecule has 0 spiro atoms. The first-order chi connectivity index (χ1) is 9.95. The van der Waals surface area contributed by atoms with E-state index >= 15 is 0 Å². The Balaban J connectivity index is 2.07. The van der Waals surface area contributed by atoms with Crippen LogP contribution in [0.5, 0.6) is 0 Å². The maximum absolute atomic E-state index is 13.2. The van der Waals surface area contributed by atoms with Crippen molar-refractivity contribution in [1.82, 2.24) is 0 Å². The number of primary amides is 1. The first-order valence-corrected chi connectivity index (χ1v) is 7.13. The zero-order valence-electron chi connectivity index (χ0n) is 11.4. The van der Waals surface area contributed by atoms with E-state index in [0.29, 0.717) is 10.2 Å². The van der Waals surface area contributed by atoms with Gasteiger partial charge in [0, 0.05) is 17.4 Å². The number of urea groups is 1. The fraction of sp³-hybridized carbons (Fsp3) is 0.133. The van der Waals surface area contributed by atoms with Crippen LogP contribution in [-0.4, -0.2) is 6.03 Å². The highest BCUT2D eigenvalue weighted by Gasteiger charge is 2.07. The number of anilines is 2. The fourth-order valence-electron chi connectivity index (χ4n) is 1.92. The molecule has 1 atom stereocenters. The molecule has 0 saturated carbocycles. The molecule has 1 unspecified atom stereocenters. The van der Waals surface area contributed by atoms with Crippen molar-refractivity contribution in [3.8, 4) is 0 Å². The van der Waals surface area contributed by atoms with Gasteiger partial charge in [-0.25, -0.2) is 9.18 Å². The van der Waals surface area contributed by atoms with E-state index in [1.807, 2.05) is 19.1 Å². The molecule has 0 aliphatic rings. The number of halogens is 2. The number of nitrogens with two attached hydrogens (primary N) is 1. The predicted molar refractivity (Wildman–Crippen MR) is 85.8 cm³/mol. The van der Waals surface area contributed by atoms with Gasteiger partial charge in [-0.1, -0.05) is 12.1 Å². The van der Waals surface area contributed by atoms with Gasteiger partial charge in [-0.3, -0.25) is 0 Å². The Hall–Kier alpha value is -2.08. The lowest BCUT2D eigenvalue weighted by Gasteiger charge is -2.16. The van der Waals surface area contributed by atoms with Crippen LogP contribution in [-0.2, 0) is 0 Å². The molecule has 0 radical (unpaired) electrons. The average molecular weight is 352 g/mol. The normalized spacial score (nSPS) is 11.8. The smallest absolute Gasteiger partial charge is 0.316 e. The fourth-order valence-corrected chi connectivity index (χ4v) is 2.30. The summed E-state index contributed by atoms with van der Waals surface area (Å²) >= 11 is 3.16. The summed E-state index contributed by atoms with van der Waals surface area (Å²) < 4.78 is 13.6. The number of hydrogen-bond donors (Lipinski definition) is 3. The lowest BCUT2D eigenvalue weighted by Crippen LogP contribution is -2.19. The third-order valence-electron chi connectivity index (χ3n) is 2.98. The van der Waals surface area contributed by atoms with E-state index in [1.165, 1.54) is 6.07 Å². The van der Waals surface area contributed by atoms with E-state index in [1.54, 1.807) is 24.3 Å². The minimum absolute atomic E-state index is 0.0324. The van der Waals surface area contributed by atoms with Gasteiger partial charge < -0.3 is 16.4 Å². The Morgan fingerprint density at radius 1 is 1.19 bits per heavy atom. The first-order valence-electron chi connectivity index (χ1n) is 6.33.